The summed E-state index contributed by atoms with van der Waals surface area (Å²) >= 11 is 0. The van der Waals surface area contributed by atoms with Gasteiger partial charge < -0.3 is 15.0 Å². The maximum absolute atomic E-state index is 13.2. The van der Waals surface area contributed by atoms with Crippen molar-refractivity contribution < 1.29 is 14.5 Å². The highest BCUT2D eigenvalue weighted by molar-refractivity contribution is 6.00. The van der Waals surface area contributed by atoms with Crippen LogP contribution < -0.4 is 15.0 Å². The first-order valence-corrected chi connectivity index (χ1v) is 11.7. The maximum atomic E-state index is 13.2. The van der Waals surface area contributed by atoms with Gasteiger partial charge in [0.1, 0.15) is 5.75 Å². The number of hydrogen-bond donors (Lipinski definition) is 1. The number of ether oxygens (including phenoxy) is 1. The molecular weight excluding hydrogens is 420 g/mol. The lowest BCUT2D eigenvalue weighted by molar-refractivity contribution is -0.384. The molecule has 0 aliphatic carbocycles. The van der Waals surface area contributed by atoms with Crippen molar-refractivity contribution in [1.29, 1.82) is 0 Å². The SMILES string of the molecule is COc1ccccc1CN1CCC(NC(=O)c2cc([N+](=O)[O-])ccc2N2CCCCC2)CC1. The van der Waals surface area contributed by atoms with E-state index in [2.05, 4.69) is 21.2 Å². The fraction of sp³-hybridized carbons (Fsp3) is 0.480. The Morgan fingerprint density at radius 3 is 2.52 bits per heavy atom. The fourth-order valence-electron chi connectivity index (χ4n) is 4.80. The van der Waals surface area contributed by atoms with Crippen LogP contribution in [0.2, 0.25) is 0 Å². The third-order valence-electron chi connectivity index (χ3n) is 6.64. The molecule has 4 rings (SSSR count). The molecule has 2 aliphatic rings. The molecule has 2 saturated heterocycles. The summed E-state index contributed by atoms with van der Waals surface area (Å²) in [5.74, 6) is 0.672. The predicted octanol–water partition coefficient (Wildman–Crippen LogP) is 3.99. The summed E-state index contributed by atoms with van der Waals surface area (Å²) < 4.78 is 5.46. The molecule has 2 heterocycles. The number of nitrogens with one attached hydrogen (secondary N) is 1. The summed E-state index contributed by atoms with van der Waals surface area (Å²) in [5, 5.41) is 14.5. The lowest BCUT2D eigenvalue weighted by Gasteiger charge is -2.33. The molecule has 2 fully saturated rings. The number of benzene rings is 2. The Morgan fingerprint density at radius 1 is 1.09 bits per heavy atom. The number of likely N-dealkylation sites (tertiary alicyclic amines) is 1. The number of amides is 1. The summed E-state index contributed by atoms with van der Waals surface area (Å²) in [6, 6.07) is 12.7. The van der Waals surface area contributed by atoms with E-state index in [1.54, 1.807) is 13.2 Å². The second kappa shape index (κ2) is 10.7. The maximum Gasteiger partial charge on any atom is 0.270 e. The molecule has 0 unspecified atom stereocenters. The molecule has 8 nitrogen and oxygen atoms in total. The van der Waals surface area contributed by atoms with Gasteiger partial charge in [-0.15, -0.1) is 0 Å². The van der Waals surface area contributed by atoms with Crippen molar-refractivity contribution in [3.8, 4) is 5.75 Å². The number of methoxy groups -OCH3 is 1. The van der Waals surface area contributed by atoms with Crippen LogP contribution in [0.25, 0.3) is 0 Å². The summed E-state index contributed by atoms with van der Waals surface area (Å²) in [7, 11) is 1.69. The van der Waals surface area contributed by atoms with E-state index in [4.69, 9.17) is 4.74 Å². The molecule has 0 aromatic heterocycles. The van der Waals surface area contributed by atoms with Crippen LogP contribution >= 0.6 is 0 Å². The van der Waals surface area contributed by atoms with Crippen LogP contribution in [0.5, 0.6) is 5.75 Å². The van der Waals surface area contributed by atoms with E-state index >= 15 is 0 Å². The first-order chi connectivity index (χ1) is 16.0. The van der Waals surface area contributed by atoms with Crippen LogP contribution in [-0.2, 0) is 6.54 Å². The second-order valence-corrected chi connectivity index (χ2v) is 8.84. The third-order valence-corrected chi connectivity index (χ3v) is 6.64. The first kappa shape index (κ1) is 23.0. The van der Waals surface area contributed by atoms with Crippen LogP contribution in [0.4, 0.5) is 11.4 Å². The molecule has 8 heteroatoms. The van der Waals surface area contributed by atoms with Crippen molar-refractivity contribution >= 4 is 17.3 Å². The van der Waals surface area contributed by atoms with Gasteiger partial charge in [-0.25, -0.2) is 0 Å². The zero-order valence-corrected chi connectivity index (χ0v) is 19.2. The number of carbonyl (C=O) groups excluding carboxylic acids is 1. The minimum atomic E-state index is -0.437. The summed E-state index contributed by atoms with van der Waals surface area (Å²) in [5.41, 5.74) is 2.31. The molecule has 0 atom stereocenters. The Hall–Kier alpha value is -3.13. The number of nitro groups is 1. The van der Waals surface area contributed by atoms with Crippen molar-refractivity contribution in [3.63, 3.8) is 0 Å². The van der Waals surface area contributed by atoms with Crippen LogP contribution in [0, 0.1) is 10.1 Å². The molecule has 2 aromatic carbocycles. The highest BCUT2D eigenvalue weighted by atomic mass is 16.6. The zero-order valence-electron chi connectivity index (χ0n) is 19.2. The molecule has 33 heavy (non-hydrogen) atoms. The molecule has 176 valence electrons. The number of carbonyl (C=O) groups is 1. The molecule has 0 radical (unpaired) electrons. The van der Waals surface area contributed by atoms with Gasteiger partial charge in [-0.3, -0.25) is 19.8 Å². The normalized spacial score (nSPS) is 17.5. The van der Waals surface area contributed by atoms with E-state index in [1.807, 2.05) is 18.2 Å². The number of non-ortho nitro benzene ring substituents is 1. The van der Waals surface area contributed by atoms with Gasteiger partial charge in [0.25, 0.3) is 11.6 Å². The van der Waals surface area contributed by atoms with Crippen LogP contribution in [0.15, 0.2) is 42.5 Å². The summed E-state index contributed by atoms with van der Waals surface area (Å²) in [4.78, 5) is 28.7. The van der Waals surface area contributed by atoms with Gasteiger partial charge in [0, 0.05) is 56.5 Å². The third kappa shape index (κ3) is 5.63. The van der Waals surface area contributed by atoms with Crippen molar-refractivity contribution in [1.82, 2.24) is 10.2 Å². The Kier molecular flexibility index (Phi) is 7.44. The number of anilines is 1. The Bertz CT molecular complexity index is 982. The molecule has 0 bridgehead atoms. The van der Waals surface area contributed by atoms with E-state index in [-0.39, 0.29) is 17.6 Å². The van der Waals surface area contributed by atoms with E-state index in [9.17, 15) is 14.9 Å². The number of para-hydroxylation sites is 1. The van der Waals surface area contributed by atoms with E-state index in [0.717, 1.165) is 75.4 Å². The largest absolute Gasteiger partial charge is 0.496 e. The first-order valence-electron chi connectivity index (χ1n) is 11.7. The zero-order chi connectivity index (χ0) is 23.2. The van der Waals surface area contributed by atoms with Crippen LogP contribution in [-0.4, -0.2) is 55.1 Å². The van der Waals surface area contributed by atoms with Crippen LogP contribution in [0.1, 0.15) is 48.0 Å². The Morgan fingerprint density at radius 2 is 1.82 bits per heavy atom. The van der Waals surface area contributed by atoms with Crippen LogP contribution in [0.3, 0.4) is 0 Å². The van der Waals surface area contributed by atoms with Gasteiger partial charge in [-0.1, -0.05) is 18.2 Å². The molecule has 0 spiro atoms. The van der Waals surface area contributed by atoms with E-state index < -0.39 is 4.92 Å². The highest BCUT2D eigenvalue weighted by Crippen LogP contribution is 2.29. The molecule has 1 N–H and O–H groups in total. The average Bonchev–Trinajstić information content (AvgIpc) is 2.85. The number of piperidine rings is 2. The topological polar surface area (TPSA) is 87.9 Å². The molecule has 1 amide bonds. The van der Waals surface area contributed by atoms with E-state index in [1.165, 1.54) is 18.6 Å². The molecule has 0 saturated carbocycles. The molecule has 2 aliphatic heterocycles. The van der Waals surface area contributed by atoms with Gasteiger partial charge in [0.2, 0.25) is 0 Å². The van der Waals surface area contributed by atoms with Crippen molar-refractivity contribution in [3.05, 3.63) is 63.7 Å². The number of nitro benzene ring substituents is 1. The Labute approximate surface area is 194 Å². The standard InChI is InChI=1S/C25H32N4O4/c1-33-24-8-4-3-7-19(24)18-27-15-11-20(12-16-27)26-25(30)22-17-21(29(31)32)9-10-23(22)28-13-5-2-6-14-28/h3-4,7-10,17,20H,2,5-6,11-16,18H2,1H3,(H,26,30). The monoisotopic (exact) mass is 452 g/mol. The summed E-state index contributed by atoms with van der Waals surface area (Å²) in [6.45, 7) is 4.31. The Balaban J connectivity index is 1.40. The van der Waals surface area contributed by atoms with Crippen molar-refractivity contribution in [2.24, 2.45) is 0 Å². The van der Waals surface area contributed by atoms with Gasteiger partial charge >= 0.3 is 0 Å². The minimum Gasteiger partial charge on any atom is -0.496 e. The van der Waals surface area contributed by atoms with Gasteiger partial charge in [-0.2, -0.15) is 0 Å². The quantitative estimate of drug-likeness (QED) is 0.505. The lowest BCUT2D eigenvalue weighted by Crippen LogP contribution is -2.44. The van der Waals surface area contributed by atoms with Crippen molar-refractivity contribution in [2.75, 3.05) is 38.2 Å². The number of nitrogens with zero attached hydrogens (tertiary/aromatic N) is 3. The smallest absolute Gasteiger partial charge is 0.270 e. The fourth-order valence-corrected chi connectivity index (χ4v) is 4.80. The van der Waals surface area contributed by atoms with Gasteiger partial charge in [0.15, 0.2) is 0 Å². The minimum absolute atomic E-state index is 0.0486. The second-order valence-electron chi connectivity index (χ2n) is 8.84. The summed E-state index contributed by atoms with van der Waals surface area (Å²) in [6.07, 6.45) is 5.01. The number of hydrogen-bond acceptors (Lipinski definition) is 6. The number of rotatable bonds is 7. The average molecular weight is 453 g/mol. The predicted molar refractivity (Wildman–Crippen MR) is 128 cm³/mol. The lowest BCUT2D eigenvalue weighted by atomic mass is 10.0. The van der Waals surface area contributed by atoms with E-state index in [0.29, 0.717) is 5.56 Å². The van der Waals surface area contributed by atoms with Crippen molar-refractivity contribution in [2.45, 2.75) is 44.7 Å². The molecule has 2 aromatic rings. The van der Waals surface area contributed by atoms with Gasteiger partial charge in [-0.05, 0) is 44.2 Å². The molecular formula is C25H32N4O4. The highest BCUT2D eigenvalue weighted by Gasteiger charge is 2.26. The van der Waals surface area contributed by atoms with Gasteiger partial charge in [0.05, 0.1) is 23.3 Å².